The van der Waals surface area contributed by atoms with Crippen LogP contribution in [-0.4, -0.2) is 52.7 Å². The van der Waals surface area contributed by atoms with Crippen molar-refractivity contribution in [2.75, 3.05) is 31.6 Å². The van der Waals surface area contributed by atoms with Gasteiger partial charge in [-0.3, -0.25) is 4.79 Å². The van der Waals surface area contributed by atoms with Crippen LogP contribution in [-0.2, 0) is 14.5 Å². The molecule has 0 spiro atoms. The van der Waals surface area contributed by atoms with Gasteiger partial charge in [0.15, 0.2) is 11.6 Å². The molecule has 3 aliphatic rings. The molecule has 1 N–H and O–H groups in total. The molecule has 2 aromatic carbocycles. The van der Waals surface area contributed by atoms with Gasteiger partial charge in [-0.15, -0.1) is 0 Å². The molecular formula is C24H27F2N3O3S. The van der Waals surface area contributed by atoms with Crippen LogP contribution in [0.3, 0.4) is 0 Å². The molecule has 9 heteroatoms. The molecule has 3 unspecified atom stereocenters. The summed E-state index contributed by atoms with van der Waals surface area (Å²) in [5.41, 5.74) is 1.39. The standard InChI is InChI=1S/C24H27F2N3O3S/c1-29-14-19(17-8-9-27-23(17)24(29)30)18-13-16(28-33(31)10-2-3-11-33)5-7-21(18)32-22-6-4-15(25)12-20(22)26/h4-7,12-13,17,19,23,27H,2-3,8-11,14H2,1H3. The molecule has 0 bridgehead atoms. The molecule has 33 heavy (non-hydrogen) atoms. The first kappa shape index (κ1) is 22.3. The van der Waals surface area contributed by atoms with Gasteiger partial charge in [-0.05, 0) is 62.1 Å². The number of fused-ring (bicyclic) bond motifs is 1. The molecule has 1 amide bonds. The number of carbonyl (C=O) groups excluding carboxylic acids is 1. The predicted octanol–water partition coefficient (Wildman–Crippen LogP) is 4.18. The fourth-order valence-electron chi connectivity index (χ4n) is 5.21. The topological polar surface area (TPSA) is 71.0 Å². The predicted molar refractivity (Wildman–Crippen MR) is 122 cm³/mol. The number of hydrogen-bond acceptors (Lipinski definition) is 5. The molecule has 3 atom stereocenters. The average molecular weight is 476 g/mol. The Bertz CT molecular complexity index is 1200. The van der Waals surface area contributed by atoms with Crippen LogP contribution in [0.4, 0.5) is 14.5 Å². The minimum Gasteiger partial charge on any atom is -0.454 e. The van der Waals surface area contributed by atoms with E-state index in [0.29, 0.717) is 29.5 Å². The summed E-state index contributed by atoms with van der Waals surface area (Å²) in [6.45, 7) is 1.23. The third kappa shape index (κ3) is 4.36. The number of amides is 1. The van der Waals surface area contributed by atoms with Gasteiger partial charge in [-0.25, -0.2) is 13.0 Å². The lowest BCUT2D eigenvalue weighted by atomic mass is 9.77. The highest BCUT2D eigenvalue weighted by Crippen LogP contribution is 2.44. The Morgan fingerprint density at radius 2 is 1.88 bits per heavy atom. The minimum atomic E-state index is -2.27. The summed E-state index contributed by atoms with van der Waals surface area (Å²) >= 11 is 0. The van der Waals surface area contributed by atoms with Crippen molar-refractivity contribution in [1.29, 1.82) is 0 Å². The number of halogens is 2. The Morgan fingerprint density at radius 3 is 2.64 bits per heavy atom. The Kier molecular flexibility index (Phi) is 5.86. The summed E-state index contributed by atoms with van der Waals surface area (Å²) in [7, 11) is -0.496. The zero-order valence-electron chi connectivity index (χ0n) is 18.4. The summed E-state index contributed by atoms with van der Waals surface area (Å²) in [6, 6.07) is 8.22. The SMILES string of the molecule is CN1CC(c2cc(N=S3(=O)CCCC3)ccc2Oc2ccc(F)cc2F)C2CCNC2C1=O. The molecule has 3 aliphatic heterocycles. The van der Waals surface area contributed by atoms with Crippen molar-refractivity contribution in [1.82, 2.24) is 10.2 Å². The van der Waals surface area contributed by atoms with E-state index in [1.54, 1.807) is 24.1 Å². The van der Waals surface area contributed by atoms with Gasteiger partial charge in [-0.2, -0.15) is 4.36 Å². The van der Waals surface area contributed by atoms with E-state index in [0.717, 1.165) is 43.5 Å². The van der Waals surface area contributed by atoms with Gasteiger partial charge in [0.25, 0.3) is 0 Å². The van der Waals surface area contributed by atoms with Crippen LogP contribution in [0.5, 0.6) is 11.5 Å². The second-order valence-corrected chi connectivity index (χ2v) is 11.6. The van der Waals surface area contributed by atoms with Gasteiger partial charge in [0.1, 0.15) is 11.6 Å². The summed E-state index contributed by atoms with van der Waals surface area (Å²) in [6.07, 6.45) is 2.65. The summed E-state index contributed by atoms with van der Waals surface area (Å²) in [5, 5.41) is 3.30. The number of benzene rings is 2. The smallest absolute Gasteiger partial charge is 0.239 e. The van der Waals surface area contributed by atoms with E-state index in [-0.39, 0.29) is 29.5 Å². The number of likely N-dealkylation sites (tertiary alicyclic amines) is 1. The number of ether oxygens (including phenoxy) is 1. The Balaban J connectivity index is 1.58. The van der Waals surface area contributed by atoms with E-state index in [1.165, 1.54) is 6.07 Å². The van der Waals surface area contributed by atoms with Crippen LogP contribution in [0.25, 0.3) is 0 Å². The summed E-state index contributed by atoms with van der Waals surface area (Å²) in [4.78, 5) is 14.4. The molecule has 0 aromatic heterocycles. The van der Waals surface area contributed by atoms with Crippen LogP contribution >= 0.6 is 0 Å². The van der Waals surface area contributed by atoms with E-state index >= 15 is 0 Å². The lowest BCUT2D eigenvalue weighted by Gasteiger charge is -2.39. The molecule has 0 aliphatic carbocycles. The highest BCUT2D eigenvalue weighted by molar-refractivity contribution is 7.93. The number of carbonyl (C=O) groups is 1. The normalized spacial score (nSPS) is 26.3. The van der Waals surface area contributed by atoms with Crippen molar-refractivity contribution >= 4 is 21.3 Å². The quantitative estimate of drug-likeness (QED) is 0.720. The molecule has 176 valence electrons. The first-order chi connectivity index (χ1) is 15.8. The van der Waals surface area contributed by atoms with Crippen molar-refractivity contribution in [3.05, 3.63) is 53.6 Å². The fourth-order valence-corrected chi connectivity index (χ4v) is 7.40. The van der Waals surface area contributed by atoms with Crippen LogP contribution < -0.4 is 10.1 Å². The highest BCUT2D eigenvalue weighted by Gasteiger charge is 2.45. The molecule has 3 saturated heterocycles. The molecular weight excluding hydrogens is 448 g/mol. The van der Waals surface area contributed by atoms with Gasteiger partial charge in [0, 0.05) is 42.6 Å². The molecule has 0 saturated carbocycles. The van der Waals surface area contributed by atoms with Gasteiger partial charge in [0.05, 0.1) is 21.5 Å². The maximum absolute atomic E-state index is 14.4. The van der Waals surface area contributed by atoms with Crippen molar-refractivity contribution in [2.24, 2.45) is 10.3 Å². The van der Waals surface area contributed by atoms with Crippen molar-refractivity contribution < 1.29 is 22.5 Å². The number of piperidine rings is 1. The molecule has 6 nitrogen and oxygen atoms in total. The van der Waals surface area contributed by atoms with E-state index in [4.69, 9.17) is 4.74 Å². The molecule has 3 fully saturated rings. The largest absolute Gasteiger partial charge is 0.454 e. The monoisotopic (exact) mass is 475 g/mol. The van der Waals surface area contributed by atoms with Crippen LogP contribution in [0.15, 0.2) is 40.8 Å². The number of nitrogens with zero attached hydrogens (tertiary/aromatic N) is 2. The van der Waals surface area contributed by atoms with Gasteiger partial charge in [-0.1, -0.05) is 0 Å². The van der Waals surface area contributed by atoms with E-state index in [9.17, 15) is 17.8 Å². The number of hydrogen-bond donors (Lipinski definition) is 1. The third-order valence-electron chi connectivity index (χ3n) is 6.85. The second kappa shape index (κ2) is 8.68. The number of nitrogens with one attached hydrogen (secondary N) is 1. The number of likely N-dealkylation sites (N-methyl/N-ethyl adjacent to an activating group) is 1. The Morgan fingerprint density at radius 1 is 1.12 bits per heavy atom. The summed E-state index contributed by atoms with van der Waals surface area (Å²) < 4.78 is 51.3. The van der Waals surface area contributed by atoms with Gasteiger partial charge < -0.3 is 15.0 Å². The first-order valence-corrected chi connectivity index (χ1v) is 13.2. The Labute approximate surface area is 192 Å². The van der Waals surface area contributed by atoms with Crippen LogP contribution in [0, 0.1) is 17.6 Å². The van der Waals surface area contributed by atoms with E-state index in [2.05, 4.69) is 9.68 Å². The van der Waals surface area contributed by atoms with Crippen LogP contribution in [0.2, 0.25) is 0 Å². The number of rotatable bonds is 4. The van der Waals surface area contributed by atoms with E-state index in [1.807, 2.05) is 6.07 Å². The van der Waals surface area contributed by atoms with Gasteiger partial charge >= 0.3 is 0 Å². The molecule has 2 aromatic rings. The molecule has 3 heterocycles. The molecule has 0 radical (unpaired) electrons. The zero-order chi connectivity index (χ0) is 23.2. The molecule has 5 rings (SSSR count). The minimum absolute atomic E-state index is 0.0596. The van der Waals surface area contributed by atoms with Gasteiger partial charge in [0.2, 0.25) is 5.91 Å². The van der Waals surface area contributed by atoms with Crippen molar-refractivity contribution in [3.8, 4) is 11.5 Å². The van der Waals surface area contributed by atoms with Crippen LogP contribution in [0.1, 0.15) is 30.7 Å². The summed E-state index contributed by atoms with van der Waals surface area (Å²) in [5.74, 6) is 0.127. The Hall–Kier alpha value is -2.52. The average Bonchev–Trinajstić information content (AvgIpc) is 3.43. The maximum atomic E-state index is 14.4. The fraction of sp³-hybridized carbons (Fsp3) is 0.458. The third-order valence-corrected chi connectivity index (χ3v) is 9.25. The van der Waals surface area contributed by atoms with E-state index < -0.39 is 21.4 Å². The lowest BCUT2D eigenvalue weighted by Crippen LogP contribution is -2.52. The lowest BCUT2D eigenvalue weighted by molar-refractivity contribution is -0.136. The first-order valence-electron chi connectivity index (χ1n) is 11.3. The van der Waals surface area contributed by atoms with Crippen molar-refractivity contribution in [3.63, 3.8) is 0 Å². The van der Waals surface area contributed by atoms with Crippen molar-refractivity contribution in [2.45, 2.75) is 31.2 Å². The second-order valence-electron chi connectivity index (χ2n) is 9.09. The zero-order valence-corrected chi connectivity index (χ0v) is 19.2. The highest BCUT2D eigenvalue weighted by atomic mass is 32.2. The maximum Gasteiger partial charge on any atom is 0.239 e.